The Labute approximate surface area is 272 Å². The molecule has 3 unspecified atom stereocenters. The van der Waals surface area contributed by atoms with Crippen LogP contribution in [0.5, 0.6) is 5.75 Å². The topological polar surface area (TPSA) is 126 Å². The van der Waals surface area contributed by atoms with Crippen molar-refractivity contribution in [2.24, 2.45) is 34.5 Å². The number of hydrogen-bond acceptors (Lipinski definition) is 7. The van der Waals surface area contributed by atoms with Crippen LogP contribution in [-0.4, -0.2) is 44.7 Å². The van der Waals surface area contributed by atoms with Gasteiger partial charge in [-0.2, -0.15) is 0 Å². The van der Waals surface area contributed by atoms with Crippen LogP contribution in [-0.2, 0) is 38.4 Å². The van der Waals surface area contributed by atoms with E-state index in [1.165, 1.54) is 5.56 Å². The van der Waals surface area contributed by atoms with Crippen molar-refractivity contribution < 1.29 is 34.2 Å². The Morgan fingerprint density at radius 2 is 1.52 bits per heavy atom. The molecule has 2 fully saturated rings. The Bertz CT molecular complexity index is 1650. The molecule has 0 heterocycles. The van der Waals surface area contributed by atoms with Crippen LogP contribution in [0.2, 0.25) is 0 Å². The highest BCUT2D eigenvalue weighted by atomic mass is 16.3. The Kier molecular flexibility index (Phi) is 8.37. The first-order valence-electron chi connectivity index (χ1n) is 16.7. The molecule has 0 radical (unpaired) electrons. The van der Waals surface area contributed by atoms with E-state index in [2.05, 4.69) is 38.1 Å². The van der Waals surface area contributed by atoms with Gasteiger partial charge in [-0.3, -0.25) is 24.0 Å². The third-order valence-electron chi connectivity index (χ3n) is 11.4. The summed E-state index contributed by atoms with van der Waals surface area (Å²) in [6.07, 6.45) is 1.43. The van der Waals surface area contributed by atoms with Gasteiger partial charge in [-0.25, -0.2) is 0 Å². The molecule has 3 aliphatic carbocycles. The standard InChI is InChI=1S/C39H48O7/c1-19(2)24-13-10-23(11-14-24)12-15-25-16-26(20(3)4)27-17-37(8)18-38(9)30(21(5)6)33(42)28(22(7)40)35(44)39(38,46)36(45)31(37)34(43)29(27)32(25)41/h10-11,13-14,16,19-21,28,30-31,41,46H,12,15,17-18H2,1-9H3/t28?,30?,31?,37-,38-,39+/m1/s1. The predicted octanol–water partition coefficient (Wildman–Crippen LogP) is 6.12. The second kappa shape index (κ2) is 11.4. The van der Waals surface area contributed by atoms with E-state index in [0.29, 0.717) is 29.9 Å². The third-order valence-corrected chi connectivity index (χ3v) is 11.4. The number of aryl methyl sites for hydroxylation is 2. The number of carbonyl (C=O) groups is 5. The van der Waals surface area contributed by atoms with Crippen LogP contribution in [0.25, 0.3) is 0 Å². The molecule has 0 amide bonds. The first-order chi connectivity index (χ1) is 21.3. The van der Waals surface area contributed by atoms with Crippen molar-refractivity contribution in [3.63, 3.8) is 0 Å². The predicted molar refractivity (Wildman–Crippen MR) is 175 cm³/mol. The molecule has 7 heteroatoms. The number of carbonyl (C=O) groups excluding carboxylic acids is 5. The Hall–Kier alpha value is -3.45. The minimum Gasteiger partial charge on any atom is -0.507 e. The zero-order chi connectivity index (χ0) is 34.3. The van der Waals surface area contributed by atoms with E-state index in [1.807, 2.05) is 26.8 Å². The van der Waals surface area contributed by atoms with E-state index in [9.17, 15) is 34.2 Å². The van der Waals surface area contributed by atoms with Crippen molar-refractivity contribution in [3.8, 4) is 5.75 Å². The van der Waals surface area contributed by atoms with Gasteiger partial charge in [-0.05, 0) is 83.6 Å². The number of hydrogen-bond donors (Lipinski definition) is 2. The van der Waals surface area contributed by atoms with Gasteiger partial charge in [0.15, 0.2) is 28.7 Å². The van der Waals surface area contributed by atoms with Crippen LogP contribution in [0.4, 0.5) is 0 Å². The minimum atomic E-state index is -2.69. The van der Waals surface area contributed by atoms with Crippen LogP contribution < -0.4 is 0 Å². The maximum atomic E-state index is 14.6. The Morgan fingerprint density at radius 3 is 2.04 bits per heavy atom. The van der Waals surface area contributed by atoms with Crippen molar-refractivity contribution >= 4 is 28.9 Å². The normalized spacial score (nSPS) is 30.9. The lowest BCUT2D eigenvalue weighted by atomic mass is 9.39. The summed E-state index contributed by atoms with van der Waals surface area (Å²) in [5.74, 6) is -8.23. The van der Waals surface area contributed by atoms with Gasteiger partial charge in [0.2, 0.25) is 0 Å². The first kappa shape index (κ1) is 33.9. The number of benzene rings is 2. The fraction of sp³-hybridized carbons (Fsp3) is 0.564. The number of rotatable bonds is 7. The maximum Gasteiger partial charge on any atom is 0.190 e. The third kappa shape index (κ3) is 4.75. The van der Waals surface area contributed by atoms with Gasteiger partial charge < -0.3 is 10.2 Å². The van der Waals surface area contributed by atoms with Crippen LogP contribution in [0.1, 0.15) is 119 Å². The molecule has 0 saturated heterocycles. The number of Topliss-reactive ketones (excluding diaryl/α,β-unsaturated/α-hetero) is 5. The molecule has 0 aliphatic heterocycles. The fourth-order valence-electron chi connectivity index (χ4n) is 9.34. The van der Waals surface area contributed by atoms with Crippen LogP contribution in [0.3, 0.4) is 0 Å². The summed E-state index contributed by atoms with van der Waals surface area (Å²) < 4.78 is 0. The summed E-state index contributed by atoms with van der Waals surface area (Å²) in [4.78, 5) is 69.4. The van der Waals surface area contributed by atoms with E-state index < -0.39 is 63.1 Å². The second-order valence-electron chi connectivity index (χ2n) is 15.7. The van der Waals surface area contributed by atoms with Gasteiger partial charge in [-0.15, -0.1) is 0 Å². The van der Waals surface area contributed by atoms with Gasteiger partial charge in [-0.1, -0.05) is 85.7 Å². The first-order valence-corrected chi connectivity index (χ1v) is 16.7. The smallest absolute Gasteiger partial charge is 0.190 e. The molecule has 0 bridgehead atoms. The van der Waals surface area contributed by atoms with Crippen LogP contribution in [0, 0.1) is 34.5 Å². The number of ketones is 5. The molecule has 2 aromatic carbocycles. The van der Waals surface area contributed by atoms with Crippen molar-refractivity contribution in [2.45, 2.75) is 105 Å². The molecule has 0 aromatic heterocycles. The molecule has 6 atom stereocenters. The zero-order valence-corrected chi connectivity index (χ0v) is 28.6. The van der Waals surface area contributed by atoms with E-state index in [4.69, 9.17) is 0 Å². The van der Waals surface area contributed by atoms with Gasteiger partial charge >= 0.3 is 0 Å². The molecule has 2 N–H and O–H groups in total. The largest absolute Gasteiger partial charge is 0.507 e. The molecule has 2 saturated carbocycles. The van der Waals surface area contributed by atoms with Gasteiger partial charge in [0, 0.05) is 11.3 Å². The average molecular weight is 629 g/mol. The molecule has 7 nitrogen and oxygen atoms in total. The van der Waals surface area contributed by atoms with Crippen molar-refractivity contribution in [1.82, 2.24) is 0 Å². The van der Waals surface area contributed by atoms with E-state index in [1.54, 1.807) is 20.8 Å². The second-order valence-corrected chi connectivity index (χ2v) is 15.7. The SMILES string of the molecule is CC(=O)C1C(=O)C(C(C)C)[C@@]2(C)C[C@@]3(C)Cc4c(C(C)C)cc(CCc5ccc(C(C)C)cc5)c(O)c4C(=O)C3C(=O)[C@@]2(O)C1=O. The van der Waals surface area contributed by atoms with E-state index in [0.717, 1.165) is 18.1 Å². The molecule has 2 aromatic rings. The van der Waals surface area contributed by atoms with E-state index in [-0.39, 0.29) is 36.0 Å². The van der Waals surface area contributed by atoms with Gasteiger partial charge in [0.1, 0.15) is 17.5 Å². The summed E-state index contributed by atoms with van der Waals surface area (Å²) in [6.45, 7) is 16.4. The lowest BCUT2D eigenvalue weighted by molar-refractivity contribution is -0.205. The molecule has 46 heavy (non-hydrogen) atoms. The summed E-state index contributed by atoms with van der Waals surface area (Å²) >= 11 is 0. The van der Waals surface area contributed by atoms with Crippen LogP contribution in [0.15, 0.2) is 30.3 Å². The van der Waals surface area contributed by atoms with Crippen molar-refractivity contribution in [3.05, 3.63) is 63.7 Å². The van der Waals surface area contributed by atoms with Gasteiger partial charge in [0.05, 0.1) is 11.5 Å². The highest BCUT2D eigenvalue weighted by Gasteiger charge is 2.76. The maximum absolute atomic E-state index is 14.6. The molecule has 0 spiro atoms. The number of fused-ring (bicyclic) bond motifs is 3. The summed E-state index contributed by atoms with van der Waals surface area (Å²) in [5, 5.41) is 24.0. The van der Waals surface area contributed by atoms with Crippen molar-refractivity contribution in [2.75, 3.05) is 0 Å². The van der Waals surface area contributed by atoms with Crippen LogP contribution >= 0.6 is 0 Å². The fourth-order valence-corrected chi connectivity index (χ4v) is 9.34. The van der Waals surface area contributed by atoms with E-state index >= 15 is 0 Å². The summed E-state index contributed by atoms with van der Waals surface area (Å²) in [7, 11) is 0. The summed E-state index contributed by atoms with van der Waals surface area (Å²) in [6, 6.07) is 10.3. The molecule has 3 aliphatic rings. The highest BCUT2D eigenvalue weighted by molar-refractivity contribution is 6.32. The van der Waals surface area contributed by atoms with Crippen molar-refractivity contribution in [1.29, 1.82) is 0 Å². The Balaban J connectivity index is 1.63. The highest BCUT2D eigenvalue weighted by Crippen LogP contribution is 2.64. The number of aliphatic hydroxyl groups is 1. The molecule has 246 valence electrons. The molecular weight excluding hydrogens is 580 g/mol. The number of aromatic hydroxyl groups is 1. The number of phenols is 1. The number of phenolic OH excluding ortho intramolecular Hbond substituents is 1. The zero-order valence-electron chi connectivity index (χ0n) is 28.6. The minimum absolute atomic E-state index is 0.00996. The quantitative estimate of drug-likeness (QED) is 0.354. The Morgan fingerprint density at radius 1 is 0.913 bits per heavy atom. The van der Waals surface area contributed by atoms with Gasteiger partial charge in [0.25, 0.3) is 0 Å². The average Bonchev–Trinajstić information content (AvgIpc) is 2.94. The molecular formula is C39H48O7. The molecule has 5 rings (SSSR count). The lowest BCUT2D eigenvalue weighted by Gasteiger charge is -2.62. The lowest BCUT2D eigenvalue weighted by Crippen LogP contribution is -2.76. The summed E-state index contributed by atoms with van der Waals surface area (Å²) in [5.41, 5.74) is -0.628. The monoisotopic (exact) mass is 628 g/mol.